The number of ether oxygens (including phenoxy) is 1. The Morgan fingerprint density at radius 3 is 2.28 bits per heavy atom. The van der Waals surface area contributed by atoms with Gasteiger partial charge in [0.1, 0.15) is 0 Å². The molecule has 0 atom stereocenters. The Labute approximate surface area is 198 Å². The van der Waals surface area contributed by atoms with Crippen molar-refractivity contribution in [3.05, 3.63) is 64.1 Å². The summed E-state index contributed by atoms with van der Waals surface area (Å²) in [7, 11) is 0. The van der Waals surface area contributed by atoms with Gasteiger partial charge in [-0.15, -0.1) is 0 Å². The number of benzene rings is 2. The molecular weight excluding hydrogens is 449 g/mol. The number of carbonyl (C=O) groups excluding carboxylic acids is 2. The zero-order valence-electron chi connectivity index (χ0n) is 17.9. The van der Waals surface area contributed by atoms with Gasteiger partial charge in [0, 0.05) is 55.1 Å². The highest BCUT2D eigenvalue weighted by Crippen LogP contribution is 2.36. The molecule has 0 aliphatic carbocycles. The lowest BCUT2D eigenvalue weighted by atomic mass is 9.73. The number of nitrogens with one attached hydrogen (secondary N) is 1. The highest BCUT2D eigenvalue weighted by atomic mass is 35.5. The average molecular weight is 476 g/mol. The van der Waals surface area contributed by atoms with Crippen molar-refractivity contribution >= 4 is 40.7 Å². The minimum Gasteiger partial charge on any atom is -0.381 e. The highest BCUT2D eigenvalue weighted by molar-refractivity contribution is 6.31. The summed E-state index contributed by atoms with van der Waals surface area (Å²) in [5.74, 6) is -0.210. The molecule has 1 N–H and O–H groups in total. The van der Waals surface area contributed by atoms with E-state index < -0.39 is 5.41 Å². The van der Waals surface area contributed by atoms with Crippen LogP contribution in [0.25, 0.3) is 0 Å². The maximum atomic E-state index is 13.3. The van der Waals surface area contributed by atoms with Crippen LogP contribution >= 0.6 is 23.2 Å². The summed E-state index contributed by atoms with van der Waals surface area (Å²) in [6.45, 7) is 3.70. The molecule has 0 bridgehead atoms. The Morgan fingerprint density at radius 1 is 0.938 bits per heavy atom. The fourth-order valence-electron chi connectivity index (χ4n) is 4.46. The summed E-state index contributed by atoms with van der Waals surface area (Å²) in [4.78, 5) is 30.1. The van der Waals surface area contributed by atoms with Crippen molar-refractivity contribution in [3.63, 3.8) is 0 Å². The molecule has 2 fully saturated rings. The molecular formula is C24H27Cl2N3O3. The number of hydrogen-bond acceptors (Lipinski definition) is 4. The van der Waals surface area contributed by atoms with Gasteiger partial charge in [0.05, 0.1) is 12.0 Å². The number of piperazine rings is 1. The third kappa shape index (κ3) is 5.03. The van der Waals surface area contributed by atoms with E-state index in [1.807, 2.05) is 47.4 Å². The lowest BCUT2D eigenvalue weighted by Crippen LogP contribution is -2.53. The predicted octanol–water partition coefficient (Wildman–Crippen LogP) is 3.51. The molecule has 2 heterocycles. The fraction of sp³-hybridized carbons (Fsp3) is 0.417. The van der Waals surface area contributed by atoms with Crippen LogP contribution < -0.4 is 10.2 Å². The lowest BCUT2D eigenvalue weighted by Gasteiger charge is -2.38. The second-order valence-corrected chi connectivity index (χ2v) is 9.10. The van der Waals surface area contributed by atoms with Gasteiger partial charge in [0.15, 0.2) is 0 Å². The minimum atomic E-state index is -0.725. The Kier molecular flexibility index (Phi) is 7.23. The molecule has 170 valence electrons. The molecule has 2 aliphatic heterocycles. The van der Waals surface area contributed by atoms with Crippen molar-refractivity contribution in [2.75, 3.05) is 50.8 Å². The van der Waals surface area contributed by atoms with Gasteiger partial charge in [-0.25, -0.2) is 0 Å². The Bertz CT molecular complexity index is 953. The monoisotopic (exact) mass is 475 g/mol. The topological polar surface area (TPSA) is 61.9 Å². The van der Waals surface area contributed by atoms with E-state index in [1.54, 1.807) is 6.07 Å². The first-order chi connectivity index (χ1) is 15.5. The molecule has 8 heteroatoms. The first-order valence-electron chi connectivity index (χ1n) is 10.9. The second kappa shape index (κ2) is 10.1. The van der Waals surface area contributed by atoms with Crippen molar-refractivity contribution in [2.45, 2.75) is 18.3 Å². The number of carbonyl (C=O) groups is 2. The second-order valence-electron chi connectivity index (χ2n) is 8.23. The van der Waals surface area contributed by atoms with Crippen LogP contribution in [0.15, 0.2) is 48.5 Å². The van der Waals surface area contributed by atoms with Crippen LogP contribution in [0.2, 0.25) is 10.0 Å². The molecule has 2 aromatic rings. The van der Waals surface area contributed by atoms with Gasteiger partial charge >= 0.3 is 0 Å². The van der Waals surface area contributed by atoms with E-state index >= 15 is 0 Å². The van der Waals surface area contributed by atoms with Gasteiger partial charge in [0.25, 0.3) is 0 Å². The number of anilines is 1. The van der Waals surface area contributed by atoms with Crippen LogP contribution in [0.5, 0.6) is 0 Å². The zero-order valence-corrected chi connectivity index (χ0v) is 19.4. The quantitative estimate of drug-likeness (QED) is 0.718. The Morgan fingerprint density at radius 2 is 1.62 bits per heavy atom. The van der Waals surface area contributed by atoms with Gasteiger partial charge < -0.3 is 19.9 Å². The summed E-state index contributed by atoms with van der Waals surface area (Å²) >= 11 is 12.2. The maximum Gasteiger partial charge on any atom is 0.242 e. The van der Waals surface area contributed by atoms with Gasteiger partial charge in [-0.3, -0.25) is 9.59 Å². The zero-order chi connectivity index (χ0) is 22.6. The summed E-state index contributed by atoms with van der Waals surface area (Å²) in [6, 6.07) is 15.1. The highest BCUT2D eigenvalue weighted by Gasteiger charge is 2.42. The Hall–Kier alpha value is -2.28. The number of rotatable bonds is 5. The minimum absolute atomic E-state index is 0.0110. The third-order valence-corrected chi connectivity index (χ3v) is 6.87. The number of hydrogen-bond donors (Lipinski definition) is 1. The van der Waals surface area contributed by atoms with E-state index in [0.29, 0.717) is 49.2 Å². The molecule has 0 aromatic heterocycles. The van der Waals surface area contributed by atoms with Crippen LogP contribution in [-0.4, -0.2) is 62.7 Å². The lowest BCUT2D eigenvalue weighted by molar-refractivity contribution is -0.136. The van der Waals surface area contributed by atoms with E-state index in [1.165, 1.54) is 0 Å². The normalized spacial score (nSPS) is 18.3. The third-order valence-electron chi connectivity index (χ3n) is 6.38. The van der Waals surface area contributed by atoms with E-state index in [9.17, 15) is 9.59 Å². The van der Waals surface area contributed by atoms with Gasteiger partial charge in [-0.05, 0) is 54.8 Å². The molecule has 2 aromatic carbocycles. The first kappa shape index (κ1) is 22.9. The maximum absolute atomic E-state index is 13.3. The van der Waals surface area contributed by atoms with Crippen LogP contribution in [0, 0.1) is 0 Å². The first-order valence-corrected chi connectivity index (χ1v) is 11.6. The Balaban J connectivity index is 1.34. The van der Waals surface area contributed by atoms with Crippen molar-refractivity contribution in [1.29, 1.82) is 0 Å². The molecule has 2 amide bonds. The van der Waals surface area contributed by atoms with Gasteiger partial charge in [-0.2, -0.15) is 0 Å². The molecule has 2 saturated heterocycles. The van der Waals surface area contributed by atoms with E-state index in [2.05, 4.69) is 10.2 Å². The molecule has 0 unspecified atom stereocenters. The van der Waals surface area contributed by atoms with E-state index in [-0.39, 0.29) is 18.4 Å². The predicted molar refractivity (Wildman–Crippen MR) is 126 cm³/mol. The van der Waals surface area contributed by atoms with Crippen molar-refractivity contribution in [3.8, 4) is 0 Å². The SMILES string of the molecule is O=C(CNC(=O)C1(c2cccc(Cl)c2)CCOCC1)N1CCN(c2ccc(Cl)cc2)CC1. The van der Waals surface area contributed by atoms with E-state index in [0.717, 1.165) is 24.3 Å². The number of nitrogens with zero attached hydrogens (tertiary/aromatic N) is 2. The van der Waals surface area contributed by atoms with Crippen molar-refractivity contribution < 1.29 is 14.3 Å². The molecule has 2 aliphatic rings. The molecule has 0 spiro atoms. The fourth-order valence-corrected chi connectivity index (χ4v) is 4.77. The van der Waals surface area contributed by atoms with Crippen LogP contribution in [0.3, 0.4) is 0 Å². The summed E-state index contributed by atoms with van der Waals surface area (Å²) in [5.41, 5.74) is 1.24. The smallest absolute Gasteiger partial charge is 0.242 e. The molecule has 0 radical (unpaired) electrons. The molecule has 32 heavy (non-hydrogen) atoms. The van der Waals surface area contributed by atoms with Crippen molar-refractivity contribution in [1.82, 2.24) is 10.2 Å². The molecule has 4 rings (SSSR count). The van der Waals surface area contributed by atoms with Crippen LogP contribution in [0.4, 0.5) is 5.69 Å². The number of amides is 2. The van der Waals surface area contributed by atoms with E-state index in [4.69, 9.17) is 27.9 Å². The van der Waals surface area contributed by atoms with Crippen LogP contribution in [-0.2, 0) is 19.7 Å². The van der Waals surface area contributed by atoms with Crippen molar-refractivity contribution in [2.24, 2.45) is 0 Å². The molecule has 6 nitrogen and oxygen atoms in total. The summed E-state index contributed by atoms with van der Waals surface area (Å²) in [6.07, 6.45) is 1.13. The number of halogens is 2. The van der Waals surface area contributed by atoms with Gasteiger partial charge in [-0.1, -0.05) is 35.3 Å². The van der Waals surface area contributed by atoms with Gasteiger partial charge in [0.2, 0.25) is 11.8 Å². The molecule has 0 saturated carbocycles. The summed E-state index contributed by atoms with van der Waals surface area (Å²) in [5, 5.41) is 4.20. The standard InChI is InChI=1S/C24H27Cl2N3O3/c25-19-4-6-21(7-5-19)28-10-12-29(13-11-28)22(30)17-27-23(31)24(8-14-32-15-9-24)18-2-1-3-20(26)16-18/h1-7,16H,8-15,17H2,(H,27,31). The summed E-state index contributed by atoms with van der Waals surface area (Å²) < 4.78 is 5.50. The average Bonchev–Trinajstić information content (AvgIpc) is 2.83. The van der Waals surface area contributed by atoms with Crippen LogP contribution in [0.1, 0.15) is 18.4 Å². The largest absolute Gasteiger partial charge is 0.381 e.